The molecule has 1 aliphatic carbocycles. The van der Waals surface area contributed by atoms with Crippen molar-refractivity contribution in [3.05, 3.63) is 77.7 Å². The third kappa shape index (κ3) is 2.63. The zero-order chi connectivity index (χ0) is 18.6. The zero-order valence-corrected chi connectivity index (χ0v) is 16.0. The second kappa shape index (κ2) is 6.20. The van der Waals surface area contributed by atoms with E-state index >= 15 is 0 Å². The standard InChI is InChI=1S/C20H17BrFNO3/c1-10-14(9-12-5-3-4-6-15(12)22)16-18(26-20(10)25)17(21)11(2)23(19(16)24)13-7-8-13/h3-6,13H,7-9H2,1-2H3. The quantitative estimate of drug-likeness (QED) is 0.634. The van der Waals surface area contributed by atoms with Crippen LogP contribution in [0.1, 0.15) is 41.3 Å². The molecule has 0 radical (unpaired) electrons. The molecule has 0 spiro atoms. The second-order valence-electron chi connectivity index (χ2n) is 6.77. The number of fused-ring (bicyclic) bond motifs is 1. The van der Waals surface area contributed by atoms with Gasteiger partial charge < -0.3 is 8.98 Å². The van der Waals surface area contributed by atoms with Crippen LogP contribution in [0.4, 0.5) is 4.39 Å². The summed E-state index contributed by atoms with van der Waals surface area (Å²) in [5.41, 5.74) is 1.61. The second-order valence-corrected chi connectivity index (χ2v) is 7.56. The fourth-order valence-electron chi connectivity index (χ4n) is 3.42. The first kappa shape index (κ1) is 17.2. The molecule has 0 saturated heterocycles. The molecule has 0 bridgehead atoms. The molecular formula is C20H17BrFNO3. The lowest BCUT2D eigenvalue weighted by molar-refractivity contribution is 0.545. The number of hydrogen-bond acceptors (Lipinski definition) is 3. The number of pyridine rings is 1. The Bertz CT molecular complexity index is 1160. The summed E-state index contributed by atoms with van der Waals surface area (Å²) in [7, 11) is 0. The van der Waals surface area contributed by atoms with Crippen molar-refractivity contribution in [2.24, 2.45) is 0 Å². The summed E-state index contributed by atoms with van der Waals surface area (Å²) in [4.78, 5) is 25.6. The highest BCUT2D eigenvalue weighted by Crippen LogP contribution is 2.38. The smallest absolute Gasteiger partial charge is 0.339 e. The van der Waals surface area contributed by atoms with Gasteiger partial charge in [0.15, 0.2) is 5.58 Å². The van der Waals surface area contributed by atoms with Crippen LogP contribution in [0.15, 0.2) is 42.7 Å². The highest BCUT2D eigenvalue weighted by Gasteiger charge is 2.30. The summed E-state index contributed by atoms with van der Waals surface area (Å²) < 4.78 is 22.0. The van der Waals surface area contributed by atoms with E-state index in [2.05, 4.69) is 15.9 Å². The molecule has 0 aliphatic heterocycles. The molecule has 3 aromatic rings. The molecule has 6 heteroatoms. The highest BCUT2D eigenvalue weighted by atomic mass is 79.9. The number of nitrogens with zero attached hydrogens (tertiary/aromatic N) is 1. The Morgan fingerprint density at radius 1 is 1.23 bits per heavy atom. The minimum absolute atomic E-state index is 0.163. The number of rotatable bonds is 3. The highest BCUT2D eigenvalue weighted by molar-refractivity contribution is 9.10. The van der Waals surface area contributed by atoms with E-state index in [1.165, 1.54) is 6.07 Å². The van der Waals surface area contributed by atoms with Gasteiger partial charge in [-0.3, -0.25) is 4.79 Å². The minimum atomic E-state index is -0.507. The van der Waals surface area contributed by atoms with Gasteiger partial charge >= 0.3 is 5.63 Å². The summed E-state index contributed by atoms with van der Waals surface area (Å²) in [6.45, 7) is 3.45. The van der Waals surface area contributed by atoms with Gasteiger partial charge in [-0.25, -0.2) is 9.18 Å². The van der Waals surface area contributed by atoms with Gasteiger partial charge in [-0.05, 0) is 59.8 Å². The maximum atomic E-state index is 14.2. The van der Waals surface area contributed by atoms with E-state index in [9.17, 15) is 14.0 Å². The van der Waals surface area contributed by atoms with Gasteiger partial charge in [0.05, 0.1) is 9.86 Å². The van der Waals surface area contributed by atoms with Gasteiger partial charge in [0.25, 0.3) is 5.56 Å². The van der Waals surface area contributed by atoms with Gasteiger partial charge in [0.1, 0.15) is 5.82 Å². The number of hydrogen-bond donors (Lipinski definition) is 0. The third-order valence-corrected chi connectivity index (χ3v) is 5.96. The first-order valence-electron chi connectivity index (χ1n) is 8.50. The molecule has 4 rings (SSSR count). The molecule has 4 nitrogen and oxygen atoms in total. The lowest BCUT2D eigenvalue weighted by atomic mass is 9.98. The third-order valence-electron chi connectivity index (χ3n) is 5.03. The number of aromatic nitrogens is 1. The van der Waals surface area contributed by atoms with Crippen molar-refractivity contribution in [3.63, 3.8) is 0 Å². The molecule has 1 saturated carbocycles. The van der Waals surface area contributed by atoms with Crippen molar-refractivity contribution in [3.8, 4) is 0 Å². The minimum Gasteiger partial charge on any atom is -0.421 e. The van der Waals surface area contributed by atoms with E-state index in [1.54, 1.807) is 29.7 Å². The Hall–Kier alpha value is -2.21. The predicted molar refractivity (Wildman–Crippen MR) is 101 cm³/mol. The van der Waals surface area contributed by atoms with E-state index in [1.807, 2.05) is 6.92 Å². The first-order valence-corrected chi connectivity index (χ1v) is 9.29. The van der Waals surface area contributed by atoms with Gasteiger partial charge in [-0.1, -0.05) is 18.2 Å². The molecule has 134 valence electrons. The zero-order valence-electron chi connectivity index (χ0n) is 14.4. The van der Waals surface area contributed by atoms with Crippen LogP contribution in [0.3, 0.4) is 0 Å². The molecule has 0 unspecified atom stereocenters. The molecule has 1 fully saturated rings. The number of halogens is 2. The molecule has 0 atom stereocenters. The average Bonchev–Trinajstić information content (AvgIpc) is 3.43. The maximum absolute atomic E-state index is 14.2. The summed E-state index contributed by atoms with van der Waals surface area (Å²) in [5, 5.41) is 0.356. The lowest BCUT2D eigenvalue weighted by Crippen LogP contribution is -2.25. The van der Waals surface area contributed by atoms with Gasteiger partial charge in [0.2, 0.25) is 0 Å². The summed E-state index contributed by atoms with van der Waals surface area (Å²) in [6.07, 6.45) is 2.07. The summed E-state index contributed by atoms with van der Waals surface area (Å²) in [5.74, 6) is -0.359. The van der Waals surface area contributed by atoms with Crippen molar-refractivity contribution in [2.75, 3.05) is 0 Å². The molecule has 26 heavy (non-hydrogen) atoms. The molecule has 1 aromatic carbocycles. The predicted octanol–water partition coefficient (Wildman–Crippen LogP) is 4.40. The molecule has 2 heterocycles. The van der Waals surface area contributed by atoms with Crippen molar-refractivity contribution in [1.29, 1.82) is 0 Å². The van der Waals surface area contributed by atoms with E-state index in [-0.39, 0.29) is 29.4 Å². The Balaban J connectivity index is 2.08. The maximum Gasteiger partial charge on any atom is 0.339 e. The largest absolute Gasteiger partial charge is 0.421 e. The number of benzene rings is 1. The molecule has 2 aromatic heterocycles. The van der Waals surface area contributed by atoms with Crippen LogP contribution in [0.25, 0.3) is 11.0 Å². The summed E-state index contributed by atoms with van der Waals surface area (Å²) >= 11 is 3.49. The Kier molecular flexibility index (Phi) is 4.10. The lowest BCUT2D eigenvalue weighted by Gasteiger charge is -2.16. The van der Waals surface area contributed by atoms with Crippen LogP contribution in [-0.2, 0) is 6.42 Å². The van der Waals surface area contributed by atoms with Crippen molar-refractivity contribution >= 4 is 26.9 Å². The monoisotopic (exact) mass is 417 g/mol. The normalized spacial score (nSPS) is 14.2. The first-order chi connectivity index (χ1) is 12.4. The van der Waals surface area contributed by atoms with Gasteiger partial charge in [0, 0.05) is 23.7 Å². The van der Waals surface area contributed by atoms with Crippen LogP contribution < -0.4 is 11.2 Å². The Morgan fingerprint density at radius 3 is 2.58 bits per heavy atom. The van der Waals surface area contributed by atoms with Crippen molar-refractivity contribution < 1.29 is 8.81 Å². The Morgan fingerprint density at radius 2 is 1.92 bits per heavy atom. The van der Waals surface area contributed by atoms with E-state index in [4.69, 9.17) is 4.42 Å². The van der Waals surface area contributed by atoms with Gasteiger partial charge in [-0.15, -0.1) is 0 Å². The molecule has 0 amide bonds. The SMILES string of the molecule is Cc1c(Cc2ccccc2F)c2c(=O)n(C3CC3)c(C)c(Br)c2oc1=O. The van der Waals surface area contributed by atoms with E-state index in [0.29, 0.717) is 26.5 Å². The van der Waals surface area contributed by atoms with E-state index in [0.717, 1.165) is 18.5 Å². The van der Waals surface area contributed by atoms with E-state index < -0.39 is 5.63 Å². The van der Waals surface area contributed by atoms with Crippen LogP contribution >= 0.6 is 15.9 Å². The van der Waals surface area contributed by atoms with Crippen LogP contribution in [0.5, 0.6) is 0 Å². The fourth-order valence-corrected chi connectivity index (χ4v) is 3.89. The van der Waals surface area contributed by atoms with Crippen LogP contribution in [0, 0.1) is 19.7 Å². The molecule has 0 N–H and O–H groups in total. The van der Waals surface area contributed by atoms with Crippen LogP contribution in [-0.4, -0.2) is 4.57 Å². The van der Waals surface area contributed by atoms with Crippen LogP contribution in [0.2, 0.25) is 0 Å². The average molecular weight is 418 g/mol. The van der Waals surface area contributed by atoms with Crippen molar-refractivity contribution in [1.82, 2.24) is 4.57 Å². The Labute approximate surface area is 157 Å². The fraction of sp³-hybridized carbons (Fsp3) is 0.300. The van der Waals surface area contributed by atoms with Crippen molar-refractivity contribution in [2.45, 2.75) is 39.2 Å². The van der Waals surface area contributed by atoms with Gasteiger partial charge in [-0.2, -0.15) is 0 Å². The summed E-state index contributed by atoms with van der Waals surface area (Å²) in [6, 6.07) is 6.57. The molecule has 1 aliphatic rings. The topological polar surface area (TPSA) is 52.2 Å². The molecular weight excluding hydrogens is 401 g/mol.